The minimum atomic E-state index is -0.805. The standard InChI is InChI=1S/C36H34F2N4O4/c1-3-25-29(37)7-4-21-12-24(44)13-27(30(21)25)31-26(19(2)43)14-28-33(32(31)38)40-35(45-18-36-10-8-20(9-11-36)17-46-36)41-34(28)42-15-22-5-6-23(16-42)39-22/h1,4,7,12-14,20,22-23,39,44H,5-6,8-11,15-18H2,2H3/t20?,22-,23+,36?. The molecule has 1 aliphatic carbocycles. The lowest BCUT2D eigenvalue weighted by Gasteiger charge is -2.45. The monoisotopic (exact) mass is 624 g/mol. The second kappa shape index (κ2) is 10.9. The van der Waals surface area contributed by atoms with Crippen LogP contribution in [-0.2, 0) is 4.74 Å². The molecule has 2 N–H and O–H groups in total. The average Bonchev–Trinajstić information content (AvgIpc) is 3.41. The Bertz CT molecular complexity index is 1940. The number of benzene rings is 3. The lowest BCUT2D eigenvalue weighted by molar-refractivity contribution is -0.160. The van der Waals surface area contributed by atoms with Crippen LogP contribution in [0.3, 0.4) is 0 Å². The Hall–Kier alpha value is -4.33. The number of nitrogens with zero attached hydrogens (tertiary/aromatic N) is 3. The van der Waals surface area contributed by atoms with Gasteiger partial charge in [0.2, 0.25) is 0 Å². The number of ketones is 1. The lowest BCUT2D eigenvalue weighted by atomic mass is 9.76. The van der Waals surface area contributed by atoms with Crippen molar-refractivity contribution >= 4 is 33.3 Å². The van der Waals surface area contributed by atoms with Gasteiger partial charge in [0, 0.05) is 47.1 Å². The molecular weight excluding hydrogens is 590 g/mol. The summed E-state index contributed by atoms with van der Waals surface area (Å²) in [5.41, 5.74) is -0.516. The van der Waals surface area contributed by atoms with Gasteiger partial charge in [-0.25, -0.2) is 8.78 Å². The highest BCUT2D eigenvalue weighted by molar-refractivity contribution is 6.12. The van der Waals surface area contributed by atoms with Crippen LogP contribution in [-0.4, -0.2) is 64.8 Å². The molecule has 0 spiro atoms. The van der Waals surface area contributed by atoms with E-state index in [1.54, 1.807) is 6.07 Å². The van der Waals surface area contributed by atoms with Gasteiger partial charge in [-0.05, 0) is 86.6 Å². The van der Waals surface area contributed by atoms with Gasteiger partial charge >= 0.3 is 6.01 Å². The van der Waals surface area contributed by atoms with Crippen molar-refractivity contribution in [2.75, 3.05) is 31.2 Å². The SMILES string of the molecule is C#Cc1c(F)ccc2cc(O)cc(-c3c(C(C)=O)cc4c(N5C[C@H]6CC[C@@H](C5)N6)nc(OCC56CCC(CC5)CO6)nc4c3F)c12. The Kier molecular flexibility index (Phi) is 6.89. The number of halogens is 2. The summed E-state index contributed by atoms with van der Waals surface area (Å²) >= 11 is 0. The minimum absolute atomic E-state index is 0.0237. The summed E-state index contributed by atoms with van der Waals surface area (Å²) < 4.78 is 44.7. The van der Waals surface area contributed by atoms with Gasteiger partial charge in [0.1, 0.15) is 35.1 Å². The molecule has 4 bridgehead atoms. The van der Waals surface area contributed by atoms with E-state index in [-0.39, 0.29) is 63.6 Å². The molecule has 5 fully saturated rings. The molecule has 1 saturated carbocycles. The van der Waals surface area contributed by atoms with E-state index in [0.717, 1.165) is 38.5 Å². The molecule has 1 aromatic heterocycles. The molecule has 10 heteroatoms. The van der Waals surface area contributed by atoms with Gasteiger partial charge in [0.25, 0.3) is 0 Å². The number of nitrogens with one attached hydrogen (secondary N) is 1. The topological polar surface area (TPSA) is 96.8 Å². The predicted octanol–water partition coefficient (Wildman–Crippen LogP) is 5.90. The third-order valence-electron chi connectivity index (χ3n) is 10.4. The number of anilines is 1. The van der Waals surface area contributed by atoms with E-state index >= 15 is 4.39 Å². The summed E-state index contributed by atoms with van der Waals surface area (Å²) in [4.78, 5) is 24.8. The fraction of sp³-hybridized carbons (Fsp3) is 0.417. The van der Waals surface area contributed by atoms with Gasteiger partial charge in [-0.15, -0.1) is 6.42 Å². The van der Waals surface area contributed by atoms with Crippen molar-refractivity contribution in [1.29, 1.82) is 0 Å². The summed E-state index contributed by atoms with van der Waals surface area (Å²) in [6, 6.07) is 7.57. The van der Waals surface area contributed by atoms with E-state index < -0.39 is 23.0 Å². The molecule has 0 unspecified atom stereocenters. The number of aromatic hydroxyl groups is 1. The van der Waals surface area contributed by atoms with Crippen molar-refractivity contribution in [2.24, 2.45) is 5.92 Å². The zero-order valence-electron chi connectivity index (χ0n) is 25.5. The minimum Gasteiger partial charge on any atom is -0.508 e. The number of aromatic nitrogens is 2. The molecule has 5 heterocycles. The van der Waals surface area contributed by atoms with Crippen LogP contribution in [0.5, 0.6) is 11.8 Å². The van der Waals surface area contributed by atoms with Crippen LogP contribution in [0.25, 0.3) is 32.8 Å². The first-order valence-corrected chi connectivity index (χ1v) is 16.0. The number of phenols is 1. The summed E-state index contributed by atoms with van der Waals surface area (Å²) in [7, 11) is 0. The summed E-state index contributed by atoms with van der Waals surface area (Å²) in [5.74, 6) is 1.39. The predicted molar refractivity (Wildman–Crippen MR) is 170 cm³/mol. The lowest BCUT2D eigenvalue weighted by Crippen LogP contribution is -2.51. The van der Waals surface area contributed by atoms with Gasteiger partial charge in [-0.2, -0.15) is 9.97 Å². The second-order valence-corrected chi connectivity index (χ2v) is 13.3. The number of carbonyl (C=O) groups excluding carboxylic acids is 1. The number of rotatable bonds is 6. The van der Waals surface area contributed by atoms with Gasteiger partial charge in [0.15, 0.2) is 11.6 Å². The zero-order chi connectivity index (χ0) is 31.7. The molecule has 4 aromatic rings. The third-order valence-corrected chi connectivity index (χ3v) is 10.4. The van der Waals surface area contributed by atoms with Gasteiger partial charge in [-0.1, -0.05) is 12.0 Å². The molecule has 3 aromatic carbocycles. The Morgan fingerprint density at radius 2 is 1.91 bits per heavy atom. The first-order valence-electron chi connectivity index (χ1n) is 16.0. The fourth-order valence-corrected chi connectivity index (χ4v) is 7.96. The van der Waals surface area contributed by atoms with Crippen molar-refractivity contribution in [3.05, 3.63) is 53.1 Å². The van der Waals surface area contributed by atoms with E-state index in [1.807, 2.05) is 0 Å². The number of piperazine rings is 1. The molecule has 0 radical (unpaired) electrons. The number of terminal acetylenes is 1. The molecule has 4 aliphatic heterocycles. The van der Waals surface area contributed by atoms with Crippen LogP contribution in [0, 0.1) is 29.9 Å². The van der Waals surface area contributed by atoms with Crippen LogP contribution in [0.4, 0.5) is 14.6 Å². The van der Waals surface area contributed by atoms with Crippen molar-refractivity contribution in [3.8, 4) is 35.2 Å². The van der Waals surface area contributed by atoms with E-state index in [9.17, 15) is 14.3 Å². The first-order chi connectivity index (χ1) is 22.2. The second-order valence-electron chi connectivity index (χ2n) is 13.3. The van der Waals surface area contributed by atoms with Gasteiger partial charge in [0.05, 0.1) is 12.2 Å². The maximum absolute atomic E-state index is 17.2. The van der Waals surface area contributed by atoms with Gasteiger partial charge in [-0.3, -0.25) is 4.79 Å². The highest BCUT2D eigenvalue weighted by atomic mass is 19.1. The molecular formula is C36H34F2N4O4. The Morgan fingerprint density at radius 3 is 2.59 bits per heavy atom. The Labute approximate surface area is 265 Å². The normalized spacial score (nSPS) is 25.3. The summed E-state index contributed by atoms with van der Waals surface area (Å²) in [5, 5.41) is 15.3. The van der Waals surface area contributed by atoms with E-state index in [2.05, 4.69) is 21.1 Å². The molecule has 9 rings (SSSR count). The molecule has 236 valence electrons. The average molecular weight is 625 g/mol. The summed E-state index contributed by atoms with van der Waals surface area (Å²) in [6.45, 7) is 3.63. The molecule has 0 amide bonds. The fourth-order valence-electron chi connectivity index (χ4n) is 7.96. The Balaban J connectivity index is 1.34. The van der Waals surface area contributed by atoms with Crippen molar-refractivity contribution < 1.29 is 28.2 Å². The molecule has 8 nitrogen and oxygen atoms in total. The largest absolute Gasteiger partial charge is 0.508 e. The Morgan fingerprint density at radius 1 is 1.15 bits per heavy atom. The van der Waals surface area contributed by atoms with Crippen molar-refractivity contribution in [1.82, 2.24) is 15.3 Å². The molecule has 2 atom stereocenters. The number of hydrogen-bond donors (Lipinski definition) is 2. The number of hydrogen-bond acceptors (Lipinski definition) is 8. The van der Waals surface area contributed by atoms with Crippen molar-refractivity contribution in [3.63, 3.8) is 0 Å². The van der Waals surface area contributed by atoms with E-state index in [1.165, 1.54) is 31.2 Å². The van der Waals surface area contributed by atoms with Crippen LogP contribution < -0.4 is 15.0 Å². The highest BCUT2D eigenvalue weighted by Gasteiger charge is 2.43. The summed E-state index contributed by atoms with van der Waals surface area (Å²) in [6.07, 6.45) is 11.7. The number of ether oxygens (including phenoxy) is 2. The molecule has 4 saturated heterocycles. The maximum atomic E-state index is 17.2. The quantitative estimate of drug-likeness (QED) is 0.202. The molecule has 46 heavy (non-hydrogen) atoms. The van der Waals surface area contributed by atoms with Crippen LogP contribution >= 0.6 is 0 Å². The van der Waals surface area contributed by atoms with E-state index in [0.29, 0.717) is 42.2 Å². The molecule has 5 aliphatic rings. The first kappa shape index (κ1) is 29.1. The van der Waals surface area contributed by atoms with Gasteiger partial charge < -0.3 is 24.8 Å². The number of Topliss-reactive ketones (excluding diaryl/α,β-unsaturated/α-hetero) is 1. The number of carbonyl (C=O) groups is 1. The zero-order valence-corrected chi connectivity index (χ0v) is 25.5. The number of phenolic OH excluding ortho intramolecular Hbond substituents is 1. The highest BCUT2D eigenvalue weighted by Crippen LogP contribution is 2.44. The number of fused-ring (bicyclic) bond motifs is 7. The smallest absolute Gasteiger partial charge is 0.319 e. The van der Waals surface area contributed by atoms with Crippen LogP contribution in [0.2, 0.25) is 0 Å². The van der Waals surface area contributed by atoms with Crippen LogP contribution in [0.15, 0.2) is 30.3 Å². The van der Waals surface area contributed by atoms with Crippen molar-refractivity contribution in [2.45, 2.75) is 63.1 Å². The van der Waals surface area contributed by atoms with Crippen LogP contribution in [0.1, 0.15) is 61.4 Å². The maximum Gasteiger partial charge on any atom is 0.319 e. The third kappa shape index (κ3) is 4.76. The van der Waals surface area contributed by atoms with E-state index in [4.69, 9.17) is 20.9 Å².